The van der Waals surface area contributed by atoms with Gasteiger partial charge in [-0.2, -0.15) is 0 Å². The summed E-state index contributed by atoms with van der Waals surface area (Å²) < 4.78 is 16.0. The first-order valence-electron chi connectivity index (χ1n) is 9.26. The van der Waals surface area contributed by atoms with E-state index < -0.39 is 0 Å². The maximum Gasteiger partial charge on any atom is 0.254 e. The van der Waals surface area contributed by atoms with Crippen LogP contribution in [0.15, 0.2) is 18.3 Å². The molecular weight excluding hydrogens is 394 g/mol. The zero-order valence-electron chi connectivity index (χ0n) is 17.0. The molecule has 1 aliphatic carbocycles. The van der Waals surface area contributed by atoms with E-state index >= 15 is 0 Å². The molecular formula is C20H25N3O5S. The van der Waals surface area contributed by atoms with Crippen LogP contribution in [0, 0.1) is 12.8 Å². The largest absolute Gasteiger partial charge is 0.493 e. The Labute approximate surface area is 173 Å². The Morgan fingerprint density at radius 2 is 1.83 bits per heavy atom. The first-order valence-corrected chi connectivity index (χ1v) is 10.1. The van der Waals surface area contributed by atoms with E-state index in [2.05, 4.69) is 10.3 Å². The van der Waals surface area contributed by atoms with Crippen LogP contribution >= 0.6 is 11.3 Å². The molecule has 0 bridgehead atoms. The number of anilines is 1. The number of aromatic nitrogens is 1. The second-order valence-electron chi connectivity index (χ2n) is 6.87. The molecule has 0 saturated heterocycles. The van der Waals surface area contributed by atoms with Gasteiger partial charge in [0.2, 0.25) is 11.7 Å². The molecule has 1 N–H and O–H groups in total. The zero-order chi connectivity index (χ0) is 21.0. The van der Waals surface area contributed by atoms with Gasteiger partial charge < -0.3 is 24.4 Å². The maximum atomic E-state index is 13.2. The number of rotatable bonds is 9. The van der Waals surface area contributed by atoms with E-state index in [1.165, 1.54) is 32.7 Å². The van der Waals surface area contributed by atoms with Crippen molar-refractivity contribution in [1.29, 1.82) is 0 Å². The summed E-state index contributed by atoms with van der Waals surface area (Å²) in [6.45, 7) is 2.39. The fraction of sp³-hybridized carbons (Fsp3) is 0.450. The number of nitrogens with one attached hydrogen (secondary N) is 1. The van der Waals surface area contributed by atoms with Crippen LogP contribution in [-0.4, -0.2) is 56.1 Å². The highest BCUT2D eigenvalue weighted by atomic mass is 32.1. The van der Waals surface area contributed by atoms with Gasteiger partial charge in [-0.15, -0.1) is 11.3 Å². The zero-order valence-corrected chi connectivity index (χ0v) is 17.8. The molecule has 9 heteroatoms. The normalized spacial score (nSPS) is 13.0. The number of benzene rings is 1. The van der Waals surface area contributed by atoms with E-state index in [9.17, 15) is 9.59 Å². The van der Waals surface area contributed by atoms with E-state index in [1.54, 1.807) is 23.2 Å². The lowest BCUT2D eigenvalue weighted by Gasteiger charge is -2.23. The number of aryl methyl sites for hydroxylation is 1. The molecule has 2 aromatic rings. The van der Waals surface area contributed by atoms with Crippen LogP contribution in [0.1, 0.15) is 28.1 Å². The molecule has 1 aromatic carbocycles. The Balaban J connectivity index is 1.80. The Morgan fingerprint density at radius 3 is 2.31 bits per heavy atom. The van der Waals surface area contributed by atoms with Crippen LogP contribution in [0.3, 0.4) is 0 Å². The fourth-order valence-corrected chi connectivity index (χ4v) is 3.64. The molecule has 3 rings (SSSR count). The minimum atomic E-state index is -0.277. The highest BCUT2D eigenvalue weighted by molar-refractivity contribution is 7.15. The highest BCUT2D eigenvalue weighted by Gasteiger charge is 2.29. The summed E-state index contributed by atoms with van der Waals surface area (Å²) >= 11 is 1.39. The molecule has 1 aromatic heterocycles. The Kier molecular flexibility index (Phi) is 6.58. The first kappa shape index (κ1) is 20.9. The third-order valence-corrected chi connectivity index (χ3v) is 5.40. The Hall–Kier alpha value is -2.81. The van der Waals surface area contributed by atoms with E-state index in [-0.39, 0.29) is 18.4 Å². The van der Waals surface area contributed by atoms with Crippen LogP contribution in [0.2, 0.25) is 0 Å². The van der Waals surface area contributed by atoms with Gasteiger partial charge in [0.1, 0.15) is 6.54 Å². The topological polar surface area (TPSA) is 90.0 Å². The van der Waals surface area contributed by atoms with Gasteiger partial charge in [0, 0.05) is 23.2 Å². The van der Waals surface area contributed by atoms with Crippen molar-refractivity contribution < 1.29 is 23.8 Å². The Morgan fingerprint density at radius 1 is 1.17 bits per heavy atom. The predicted octanol–water partition coefficient (Wildman–Crippen LogP) is 2.97. The number of carbonyl (C=O) groups excluding carboxylic acids is 2. The predicted molar refractivity (Wildman–Crippen MR) is 110 cm³/mol. The number of carbonyl (C=O) groups is 2. The molecule has 1 aliphatic rings. The number of thiazole rings is 1. The summed E-state index contributed by atoms with van der Waals surface area (Å²) in [6.07, 6.45) is 3.82. The number of methoxy groups -OCH3 is 3. The van der Waals surface area contributed by atoms with Gasteiger partial charge in [0.15, 0.2) is 16.6 Å². The number of hydrogen-bond donors (Lipinski definition) is 1. The van der Waals surface area contributed by atoms with Crippen molar-refractivity contribution in [1.82, 2.24) is 9.88 Å². The molecule has 0 aliphatic heterocycles. The summed E-state index contributed by atoms with van der Waals surface area (Å²) in [7, 11) is 4.50. The highest BCUT2D eigenvalue weighted by Crippen LogP contribution is 2.39. The van der Waals surface area contributed by atoms with E-state index in [4.69, 9.17) is 14.2 Å². The standard InChI is InChI=1S/C20H25N3O5S/c1-12-9-21-20(29-12)22-17(24)11-23(10-13-5-6-13)19(25)14-7-15(26-2)18(28-4)16(8-14)27-3/h7-9,13H,5-6,10-11H2,1-4H3,(H,21,22,24). The summed E-state index contributed by atoms with van der Waals surface area (Å²) in [5, 5.41) is 3.29. The lowest BCUT2D eigenvalue weighted by molar-refractivity contribution is -0.116. The molecule has 1 heterocycles. The number of ether oxygens (including phenoxy) is 3. The third-order valence-electron chi connectivity index (χ3n) is 4.58. The van der Waals surface area contributed by atoms with Gasteiger partial charge in [-0.05, 0) is 37.8 Å². The summed E-state index contributed by atoms with van der Waals surface area (Å²) in [5.41, 5.74) is 0.373. The van der Waals surface area contributed by atoms with Crippen molar-refractivity contribution >= 4 is 28.3 Å². The first-order chi connectivity index (χ1) is 13.9. The second-order valence-corrected chi connectivity index (χ2v) is 8.10. The van der Waals surface area contributed by atoms with E-state index in [1.807, 2.05) is 6.92 Å². The van der Waals surface area contributed by atoms with Crippen LogP contribution in [0.4, 0.5) is 5.13 Å². The summed E-state index contributed by atoms with van der Waals surface area (Å²) in [5.74, 6) is 1.09. The van der Waals surface area contributed by atoms with Crippen LogP contribution in [0.25, 0.3) is 0 Å². The minimum absolute atomic E-state index is 0.0510. The van der Waals surface area contributed by atoms with Crippen LogP contribution in [-0.2, 0) is 4.79 Å². The molecule has 156 valence electrons. The molecule has 0 atom stereocenters. The number of amides is 2. The van der Waals surface area contributed by atoms with Crippen molar-refractivity contribution in [3.63, 3.8) is 0 Å². The molecule has 1 saturated carbocycles. The molecule has 1 fully saturated rings. The molecule has 0 unspecified atom stereocenters. The maximum absolute atomic E-state index is 13.2. The minimum Gasteiger partial charge on any atom is -0.493 e. The quantitative estimate of drug-likeness (QED) is 0.672. The van der Waals surface area contributed by atoms with Crippen LogP contribution < -0.4 is 19.5 Å². The van der Waals surface area contributed by atoms with Crippen LogP contribution in [0.5, 0.6) is 17.2 Å². The Bertz CT molecular complexity index is 869. The van der Waals surface area contributed by atoms with Crippen molar-refractivity contribution in [2.45, 2.75) is 19.8 Å². The third kappa shape index (κ3) is 5.17. The van der Waals surface area contributed by atoms with Gasteiger partial charge in [-0.3, -0.25) is 9.59 Å². The van der Waals surface area contributed by atoms with Gasteiger partial charge in [0.05, 0.1) is 21.3 Å². The molecule has 0 radical (unpaired) electrons. The lowest BCUT2D eigenvalue weighted by atomic mass is 10.1. The van der Waals surface area contributed by atoms with Crippen molar-refractivity contribution in [2.24, 2.45) is 5.92 Å². The number of hydrogen-bond acceptors (Lipinski definition) is 7. The smallest absolute Gasteiger partial charge is 0.254 e. The second kappa shape index (κ2) is 9.13. The van der Waals surface area contributed by atoms with Crippen molar-refractivity contribution in [3.8, 4) is 17.2 Å². The SMILES string of the molecule is COc1cc(C(=O)N(CC(=O)Nc2ncc(C)s2)CC2CC2)cc(OC)c1OC. The molecule has 29 heavy (non-hydrogen) atoms. The monoisotopic (exact) mass is 419 g/mol. The van der Waals surface area contributed by atoms with Gasteiger partial charge >= 0.3 is 0 Å². The van der Waals surface area contributed by atoms with Crippen molar-refractivity contribution in [3.05, 3.63) is 28.8 Å². The average Bonchev–Trinajstić information content (AvgIpc) is 3.45. The van der Waals surface area contributed by atoms with Gasteiger partial charge in [-0.1, -0.05) is 0 Å². The van der Waals surface area contributed by atoms with Gasteiger partial charge in [0.25, 0.3) is 5.91 Å². The van der Waals surface area contributed by atoms with E-state index in [0.29, 0.717) is 40.4 Å². The van der Waals surface area contributed by atoms with Crippen molar-refractivity contribution in [2.75, 3.05) is 39.7 Å². The average molecular weight is 420 g/mol. The summed E-state index contributed by atoms with van der Waals surface area (Å²) in [4.78, 5) is 32.4. The van der Waals surface area contributed by atoms with Gasteiger partial charge in [-0.25, -0.2) is 4.98 Å². The number of nitrogens with zero attached hydrogens (tertiary/aromatic N) is 2. The molecule has 0 spiro atoms. The summed E-state index contributed by atoms with van der Waals surface area (Å²) in [6, 6.07) is 3.21. The van der Waals surface area contributed by atoms with E-state index in [0.717, 1.165) is 17.7 Å². The molecule has 2 amide bonds. The fourth-order valence-electron chi connectivity index (χ4n) is 2.96. The molecule has 8 nitrogen and oxygen atoms in total. The lowest BCUT2D eigenvalue weighted by Crippen LogP contribution is -2.39.